The van der Waals surface area contributed by atoms with Crippen LogP contribution in [0.2, 0.25) is 0 Å². The van der Waals surface area contributed by atoms with Crippen LogP contribution in [0.3, 0.4) is 0 Å². The number of amides is 1. The molecule has 9 heteroatoms. The summed E-state index contributed by atoms with van der Waals surface area (Å²) in [7, 11) is 0. The Balaban J connectivity index is 1.25. The van der Waals surface area contributed by atoms with Gasteiger partial charge in [0.1, 0.15) is 23.9 Å². The zero-order valence-electron chi connectivity index (χ0n) is 17.7. The maximum absolute atomic E-state index is 14.1. The SMILES string of the molecule is O=C(Cn1cccc1-c1nc(-c2ccc(F)cc2)no1)N1CCN(c2ccccc2F)CC1. The molecule has 1 amide bonds. The lowest BCUT2D eigenvalue weighted by atomic mass is 10.2. The molecule has 0 atom stereocenters. The molecule has 0 radical (unpaired) electrons. The summed E-state index contributed by atoms with van der Waals surface area (Å²) in [5.41, 5.74) is 1.81. The summed E-state index contributed by atoms with van der Waals surface area (Å²) < 4.78 is 34.4. The van der Waals surface area contributed by atoms with Gasteiger partial charge in [0, 0.05) is 37.9 Å². The average molecular weight is 449 g/mol. The van der Waals surface area contributed by atoms with Crippen molar-refractivity contribution in [3.8, 4) is 23.0 Å². The number of hydrogen-bond acceptors (Lipinski definition) is 5. The van der Waals surface area contributed by atoms with Crippen molar-refractivity contribution in [2.45, 2.75) is 6.54 Å². The molecule has 1 fully saturated rings. The second kappa shape index (κ2) is 8.85. The Morgan fingerprint density at radius 2 is 1.70 bits per heavy atom. The minimum absolute atomic E-state index is 0.0427. The molecular weight excluding hydrogens is 428 g/mol. The van der Waals surface area contributed by atoms with Crippen molar-refractivity contribution < 1.29 is 18.1 Å². The van der Waals surface area contributed by atoms with Crippen molar-refractivity contribution in [2.75, 3.05) is 31.1 Å². The first-order valence-electron chi connectivity index (χ1n) is 10.6. The number of aromatic nitrogens is 3. The van der Waals surface area contributed by atoms with E-state index in [-0.39, 0.29) is 30.0 Å². The van der Waals surface area contributed by atoms with E-state index in [1.54, 1.807) is 52.1 Å². The lowest BCUT2D eigenvalue weighted by Crippen LogP contribution is -2.49. The minimum atomic E-state index is -0.343. The van der Waals surface area contributed by atoms with Gasteiger partial charge in [0.25, 0.3) is 5.89 Å². The third-order valence-electron chi connectivity index (χ3n) is 5.71. The normalized spacial score (nSPS) is 14.0. The van der Waals surface area contributed by atoms with Crippen molar-refractivity contribution >= 4 is 11.6 Å². The van der Waals surface area contributed by atoms with Crippen LogP contribution < -0.4 is 4.90 Å². The summed E-state index contributed by atoms with van der Waals surface area (Å²) in [6.45, 7) is 2.28. The topological polar surface area (TPSA) is 67.4 Å². The fourth-order valence-electron chi connectivity index (χ4n) is 3.94. The maximum atomic E-state index is 14.1. The van der Waals surface area contributed by atoms with E-state index >= 15 is 0 Å². The molecule has 2 aromatic heterocycles. The Kier molecular flexibility index (Phi) is 5.60. The summed E-state index contributed by atoms with van der Waals surface area (Å²) in [6.07, 6.45) is 1.78. The molecule has 4 aromatic rings. The summed E-state index contributed by atoms with van der Waals surface area (Å²) in [6, 6.07) is 16.1. The Hall–Kier alpha value is -4.01. The van der Waals surface area contributed by atoms with E-state index in [4.69, 9.17) is 4.52 Å². The van der Waals surface area contributed by atoms with Gasteiger partial charge < -0.3 is 18.9 Å². The molecule has 5 rings (SSSR count). The summed E-state index contributed by atoms with van der Waals surface area (Å²) >= 11 is 0. The quantitative estimate of drug-likeness (QED) is 0.463. The first-order chi connectivity index (χ1) is 16.1. The molecule has 0 spiro atoms. The third kappa shape index (κ3) is 4.34. The van der Waals surface area contributed by atoms with Crippen LogP contribution in [0.1, 0.15) is 0 Å². The molecule has 1 aliphatic rings. The third-order valence-corrected chi connectivity index (χ3v) is 5.71. The number of benzene rings is 2. The minimum Gasteiger partial charge on any atom is -0.366 e. The van der Waals surface area contributed by atoms with Crippen LogP contribution >= 0.6 is 0 Å². The first-order valence-corrected chi connectivity index (χ1v) is 10.6. The molecule has 0 saturated carbocycles. The Morgan fingerprint density at radius 1 is 0.939 bits per heavy atom. The van der Waals surface area contributed by atoms with E-state index in [9.17, 15) is 13.6 Å². The predicted octanol–water partition coefficient (Wildman–Crippen LogP) is 3.83. The second-order valence-corrected chi connectivity index (χ2v) is 7.77. The Labute approximate surface area is 188 Å². The molecule has 0 aliphatic carbocycles. The number of nitrogens with zero attached hydrogens (tertiary/aromatic N) is 5. The Morgan fingerprint density at radius 3 is 2.45 bits per heavy atom. The molecule has 0 unspecified atom stereocenters. The summed E-state index contributed by atoms with van der Waals surface area (Å²) in [4.78, 5) is 21.1. The van der Waals surface area contributed by atoms with Crippen molar-refractivity contribution in [3.05, 3.63) is 78.5 Å². The van der Waals surface area contributed by atoms with Gasteiger partial charge in [-0.25, -0.2) is 8.78 Å². The van der Waals surface area contributed by atoms with Gasteiger partial charge >= 0.3 is 0 Å². The molecule has 3 heterocycles. The van der Waals surface area contributed by atoms with Gasteiger partial charge in [-0.2, -0.15) is 4.98 Å². The van der Waals surface area contributed by atoms with Gasteiger partial charge in [0.05, 0.1) is 5.69 Å². The predicted molar refractivity (Wildman–Crippen MR) is 118 cm³/mol. The van der Waals surface area contributed by atoms with E-state index < -0.39 is 0 Å². The zero-order chi connectivity index (χ0) is 22.8. The van der Waals surface area contributed by atoms with Gasteiger partial charge in [0.2, 0.25) is 11.7 Å². The van der Waals surface area contributed by atoms with Gasteiger partial charge in [-0.05, 0) is 48.5 Å². The molecule has 1 aliphatic heterocycles. The number of hydrogen-bond donors (Lipinski definition) is 0. The Bertz CT molecular complexity index is 1260. The smallest absolute Gasteiger partial charge is 0.274 e. The van der Waals surface area contributed by atoms with Crippen LogP contribution in [-0.4, -0.2) is 51.7 Å². The van der Waals surface area contributed by atoms with Crippen LogP contribution in [0.15, 0.2) is 71.4 Å². The highest BCUT2D eigenvalue weighted by Gasteiger charge is 2.24. The molecule has 7 nitrogen and oxygen atoms in total. The van der Waals surface area contributed by atoms with Gasteiger partial charge in [-0.1, -0.05) is 17.3 Å². The number of para-hydroxylation sites is 1. The molecule has 0 N–H and O–H groups in total. The van der Waals surface area contributed by atoms with Crippen molar-refractivity contribution in [3.63, 3.8) is 0 Å². The summed E-state index contributed by atoms with van der Waals surface area (Å²) in [5.74, 6) is -0.0258. The van der Waals surface area contributed by atoms with Crippen molar-refractivity contribution in [1.29, 1.82) is 0 Å². The zero-order valence-corrected chi connectivity index (χ0v) is 17.7. The van der Waals surface area contributed by atoms with Gasteiger partial charge in [-0.3, -0.25) is 4.79 Å². The molecule has 1 saturated heterocycles. The van der Waals surface area contributed by atoms with Crippen molar-refractivity contribution in [1.82, 2.24) is 19.6 Å². The number of piperazine rings is 1. The lowest BCUT2D eigenvalue weighted by molar-refractivity contribution is -0.132. The number of anilines is 1. The van der Waals surface area contributed by atoms with E-state index in [0.717, 1.165) is 0 Å². The van der Waals surface area contributed by atoms with E-state index in [0.29, 0.717) is 48.9 Å². The van der Waals surface area contributed by atoms with Crippen molar-refractivity contribution in [2.24, 2.45) is 0 Å². The fourth-order valence-corrected chi connectivity index (χ4v) is 3.94. The standard InChI is InChI=1S/C24H21F2N5O2/c25-18-9-7-17(8-10-18)23-27-24(33-28-23)21-6-3-11-31(21)16-22(32)30-14-12-29(13-15-30)20-5-2-1-4-19(20)26/h1-11H,12-16H2. The number of carbonyl (C=O) groups excluding carboxylic acids is 1. The van der Waals surface area contributed by atoms with Crippen LogP contribution in [0.4, 0.5) is 14.5 Å². The lowest BCUT2D eigenvalue weighted by Gasteiger charge is -2.36. The van der Waals surface area contributed by atoms with Crippen LogP contribution in [0.25, 0.3) is 23.0 Å². The van der Waals surface area contributed by atoms with Gasteiger partial charge in [-0.15, -0.1) is 0 Å². The highest BCUT2D eigenvalue weighted by molar-refractivity contribution is 5.77. The highest BCUT2D eigenvalue weighted by atomic mass is 19.1. The highest BCUT2D eigenvalue weighted by Crippen LogP contribution is 2.24. The largest absolute Gasteiger partial charge is 0.366 e. The summed E-state index contributed by atoms with van der Waals surface area (Å²) in [5, 5.41) is 3.97. The number of rotatable bonds is 5. The second-order valence-electron chi connectivity index (χ2n) is 7.77. The maximum Gasteiger partial charge on any atom is 0.274 e. The average Bonchev–Trinajstić information content (AvgIpc) is 3.50. The molecule has 168 valence electrons. The van der Waals surface area contributed by atoms with E-state index in [2.05, 4.69) is 10.1 Å². The monoisotopic (exact) mass is 449 g/mol. The van der Waals surface area contributed by atoms with Crippen LogP contribution in [-0.2, 0) is 11.3 Å². The van der Waals surface area contributed by atoms with E-state index in [1.807, 2.05) is 11.0 Å². The first kappa shape index (κ1) is 20.9. The molecular formula is C24H21F2N5O2. The molecule has 2 aromatic carbocycles. The van der Waals surface area contributed by atoms with E-state index in [1.165, 1.54) is 18.2 Å². The van der Waals surface area contributed by atoms with Gasteiger partial charge in [0.15, 0.2) is 0 Å². The van der Waals surface area contributed by atoms with Crippen LogP contribution in [0, 0.1) is 11.6 Å². The fraction of sp³-hybridized carbons (Fsp3) is 0.208. The molecule has 0 bridgehead atoms. The van der Waals surface area contributed by atoms with Crippen LogP contribution in [0.5, 0.6) is 0 Å². The number of carbonyl (C=O) groups is 1. The molecule has 33 heavy (non-hydrogen) atoms. The number of halogens is 2.